The molecule has 2 amide bonds. The van der Waals surface area contributed by atoms with E-state index in [4.69, 9.17) is 23.8 Å². The number of aryl methyl sites for hydroxylation is 1. The Bertz CT molecular complexity index is 1560. The van der Waals surface area contributed by atoms with Gasteiger partial charge in [-0.25, -0.2) is 14.5 Å². The number of carbonyl (C=O) groups is 1. The van der Waals surface area contributed by atoms with E-state index >= 15 is 0 Å². The highest BCUT2D eigenvalue weighted by Gasteiger charge is 2.31. The number of rotatable bonds is 10. The monoisotopic (exact) mass is 630 g/mol. The molecule has 13 heteroatoms. The summed E-state index contributed by atoms with van der Waals surface area (Å²) in [5, 5.41) is 13.7. The second-order valence-electron chi connectivity index (χ2n) is 9.93. The second kappa shape index (κ2) is 14.3. The van der Waals surface area contributed by atoms with Gasteiger partial charge in [-0.3, -0.25) is 5.32 Å². The number of carbonyl (C=O) groups excluding carboxylic acids is 1. The molecule has 0 fully saturated rings. The molecule has 1 aromatic heterocycles. The Morgan fingerprint density at radius 3 is 2.56 bits per heavy atom. The number of benzene rings is 3. The highest BCUT2D eigenvalue weighted by molar-refractivity contribution is 7.80. The van der Waals surface area contributed by atoms with Gasteiger partial charge < -0.3 is 15.4 Å². The van der Waals surface area contributed by atoms with Crippen molar-refractivity contribution in [2.45, 2.75) is 45.4 Å². The smallest absolute Gasteiger partial charge is 0.406 e. The van der Waals surface area contributed by atoms with Crippen LogP contribution in [0, 0.1) is 0 Å². The molecule has 4 rings (SSSR count). The highest BCUT2D eigenvalue weighted by Crippen LogP contribution is 2.27. The molecule has 0 bridgehead atoms. The number of hydrogen-bond donors (Lipinski definition) is 3. The van der Waals surface area contributed by atoms with Crippen molar-refractivity contribution in [3.8, 4) is 22.8 Å². The van der Waals surface area contributed by atoms with E-state index in [1.165, 1.54) is 35.3 Å². The molecule has 0 radical (unpaired) electrons. The van der Waals surface area contributed by atoms with E-state index in [0.717, 1.165) is 41.6 Å². The lowest BCUT2D eigenvalue weighted by Gasteiger charge is -2.16. The third-order valence-electron chi connectivity index (χ3n) is 6.30. The van der Waals surface area contributed by atoms with Gasteiger partial charge in [-0.05, 0) is 91.0 Å². The van der Waals surface area contributed by atoms with Gasteiger partial charge in [0.15, 0.2) is 10.9 Å². The lowest BCUT2D eigenvalue weighted by Crippen LogP contribution is -2.42. The first-order valence-corrected chi connectivity index (χ1v) is 14.3. The lowest BCUT2D eigenvalue weighted by molar-refractivity contribution is -0.274. The number of amides is 2. The van der Waals surface area contributed by atoms with E-state index < -0.39 is 12.4 Å². The zero-order valence-corrected chi connectivity index (χ0v) is 25.0. The van der Waals surface area contributed by atoms with Crippen LogP contribution in [0.3, 0.4) is 0 Å². The average Bonchev–Trinajstić information content (AvgIpc) is 3.43. The summed E-state index contributed by atoms with van der Waals surface area (Å²) in [5.41, 5.74) is 4.23. The molecular formula is C30H30ClF3N6O2S. The Labute approximate surface area is 257 Å². The van der Waals surface area contributed by atoms with Crippen molar-refractivity contribution < 1.29 is 22.7 Å². The van der Waals surface area contributed by atoms with E-state index in [2.05, 4.69) is 44.6 Å². The van der Waals surface area contributed by atoms with Crippen molar-refractivity contribution in [1.29, 1.82) is 0 Å². The molecule has 0 unspecified atom stereocenters. The number of urea groups is 1. The fourth-order valence-corrected chi connectivity index (χ4v) is 4.66. The van der Waals surface area contributed by atoms with Crippen LogP contribution in [0.25, 0.3) is 17.1 Å². The Balaban J connectivity index is 1.22. The summed E-state index contributed by atoms with van der Waals surface area (Å²) in [6.07, 6.45) is -0.880. The minimum atomic E-state index is -4.75. The van der Waals surface area contributed by atoms with Crippen molar-refractivity contribution in [3.05, 3.63) is 89.2 Å². The molecule has 0 aliphatic rings. The van der Waals surface area contributed by atoms with E-state index in [1.807, 2.05) is 36.4 Å². The van der Waals surface area contributed by atoms with Gasteiger partial charge in [0, 0.05) is 22.8 Å². The molecule has 3 aromatic carbocycles. The van der Waals surface area contributed by atoms with Gasteiger partial charge in [0.2, 0.25) is 0 Å². The Kier molecular flexibility index (Phi) is 10.6. The largest absolute Gasteiger partial charge is 0.573 e. The molecule has 1 heterocycles. The highest BCUT2D eigenvalue weighted by atomic mass is 35.5. The fraction of sp³-hybridized carbons (Fsp3) is 0.267. The van der Waals surface area contributed by atoms with Gasteiger partial charge in [0.05, 0.1) is 5.69 Å². The molecule has 0 saturated heterocycles. The zero-order valence-electron chi connectivity index (χ0n) is 23.4. The topological polar surface area (TPSA) is 93.1 Å². The van der Waals surface area contributed by atoms with E-state index in [-0.39, 0.29) is 16.8 Å². The van der Waals surface area contributed by atoms with Crippen LogP contribution < -0.4 is 20.7 Å². The molecule has 4 aromatic rings. The molecule has 226 valence electrons. The number of unbranched alkanes of at least 4 members (excludes halogenated alkanes) is 1. The summed E-state index contributed by atoms with van der Waals surface area (Å²) in [5.74, 6) is 0.426. The summed E-state index contributed by atoms with van der Waals surface area (Å²) in [4.78, 5) is 16.6. The number of ether oxygens (including phenoxy) is 1. The molecule has 0 spiro atoms. The second-order valence-corrected chi connectivity index (χ2v) is 10.8. The van der Waals surface area contributed by atoms with E-state index in [9.17, 15) is 18.0 Å². The Hall–Kier alpha value is -4.16. The number of aromatic nitrogens is 3. The SMILES string of the molecule is CC(C)c1ccc(Cl)cc1NC(=S)NC(=O)NCCCCc1cccc(-c2ncn(-c3ccc(OC(F)(F)F)cc3)n2)c1. The number of thiocarbonyl (C=S) groups is 1. The number of hydrogen-bond acceptors (Lipinski definition) is 5. The van der Waals surface area contributed by atoms with Crippen LogP contribution in [0.5, 0.6) is 5.75 Å². The molecule has 0 aliphatic heterocycles. The molecular weight excluding hydrogens is 601 g/mol. The maximum Gasteiger partial charge on any atom is 0.573 e. The number of anilines is 1. The summed E-state index contributed by atoms with van der Waals surface area (Å²) in [6.45, 7) is 4.59. The van der Waals surface area contributed by atoms with Gasteiger partial charge in [-0.2, -0.15) is 0 Å². The van der Waals surface area contributed by atoms with Crippen LogP contribution in [-0.2, 0) is 6.42 Å². The molecule has 0 saturated carbocycles. The molecule has 8 nitrogen and oxygen atoms in total. The minimum Gasteiger partial charge on any atom is -0.406 e. The summed E-state index contributed by atoms with van der Waals surface area (Å²) in [6, 6.07) is 18.3. The Morgan fingerprint density at radius 1 is 1.07 bits per heavy atom. The fourth-order valence-electron chi connectivity index (χ4n) is 4.28. The van der Waals surface area contributed by atoms with Crippen LogP contribution >= 0.6 is 23.8 Å². The van der Waals surface area contributed by atoms with Gasteiger partial charge in [-0.15, -0.1) is 18.3 Å². The Morgan fingerprint density at radius 2 is 1.84 bits per heavy atom. The van der Waals surface area contributed by atoms with Crippen LogP contribution in [0.15, 0.2) is 73.1 Å². The van der Waals surface area contributed by atoms with E-state index in [0.29, 0.717) is 23.1 Å². The summed E-state index contributed by atoms with van der Waals surface area (Å²) in [7, 11) is 0. The average molecular weight is 631 g/mol. The predicted molar refractivity (Wildman–Crippen MR) is 165 cm³/mol. The minimum absolute atomic E-state index is 0.182. The summed E-state index contributed by atoms with van der Waals surface area (Å²) >= 11 is 11.4. The summed E-state index contributed by atoms with van der Waals surface area (Å²) < 4.78 is 42.6. The zero-order chi connectivity index (χ0) is 31.0. The molecule has 43 heavy (non-hydrogen) atoms. The van der Waals surface area contributed by atoms with Crippen molar-refractivity contribution >= 4 is 40.6 Å². The first kappa shape index (κ1) is 31.8. The van der Waals surface area contributed by atoms with Crippen LogP contribution in [-0.4, -0.2) is 38.8 Å². The number of alkyl halides is 3. The predicted octanol–water partition coefficient (Wildman–Crippen LogP) is 7.63. The quantitative estimate of drug-likeness (QED) is 0.123. The lowest BCUT2D eigenvalue weighted by atomic mass is 10.0. The van der Waals surface area contributed by atoms with Crippen molar-refractivity contribution in [2.75, 3.05) is 11.9 Å². The first-order valence-electron chi connectivity index (χ1n) is 13.5. The van der Waals surface area contributed by atoms with Gasteiger partial charge in [-0.1, -0.05) is 49.7 Å². The van der Waals surface area contributed by atoms with Crippen molar-refractivity contribution in [1.82, 2.24) is 25.4 Å². The maximum absolute atomic E-state index is 12.4. The standard InChI is InChI=1S/C30H30ClF3N6O2S/c1-19(2)25-14-9-22(31)17-26(25)37-29(43)38-28(41)35-15-4-3-6-20-7-5-8-21(16-20)27-36-18-40(39-27)23-10-12-24(13-11-23)42-30(32,33)34/h5,7-14,16-19H,3-4,6,15H2,1-2H3,(H3,35,37,38,41,43). The molecule has 0 aliphatic carbocycles. The van der Waals surface area contributed by atoms with Gasteiger partial charge in [0.1, 0.15) is 12.1 Å². The van der Waals surface area contributed by atoms with Crippen LogP contribution in [0.4, 0.5) is 23.7 Å². The third kappa shape index (κ3) is 9.69. The van der Waals surface area contributed by atoms with Crippen molar-refractivity contribution in [2.24, 2.45) is 0 Å². The van der Waals surface area contributed by atoms with E-state index in [1.54, 1.807) is 6.07 Å². The molecule has 0 atom stereocenters. The number of nitrogens with zero attached hydrogens (tertiary/aromatic N) is 3. The first-order chi connectivity index (χ1) is 20.5. The maximum atomic E-state index is 12.4. The normalized spacial score (nSPS) is 11.3. The third-order valence-corrected chi connectivity index (χ3v) is 6.74. The van der Waals surface area contributed by atoms with Gasteiger partial charge >= 0.3 is 12.4 Å². The van der Waals surface area contributed by atoms with Crippen LogP contribution in [0.2, 0.25) is 5.02 Å². The number of halogens is 4. The van der Waals surface area contributed by atoms with Crippen LogP contribution in [0.1, 0.15) is 43.7 Å². The molecule has 3 N–H and O–H groups in total. The van der Waals surface area contributed by atoms with Crippen molar-refractivity contribution in [3.63, 3.8) is 0 Å². The number of nitrogens with one attached hydrogen (secondary N) is 3. The van der Waals surface area contributed by atoms with Gasteiger partial charge in [0.25, 0.3) is 0 Å².